The van der Waals surface area contributed by atoms with E-state index in [4.69, 9.17) is 4.74 Å². The number of amides is 1. The lowest BCUT2D eigenvalue weighted by Gasteiger charge is -2.39. The number of nitrogens with zero attached hydrogens (tertiary/aromatic N) is 2. The van der Waals surface area contributed by atoms with Crippen molar-refractivity contribution in [2.45, 2.75) is 31.3 Å². The lowest BCUT2D eigenvalue weighted by atomic mass is 10.1. The first-order chi connectivity index (χ1) is 13.0. The molecule has 0 atom stereocenters. The number of hydrogen-bond donors (Lipinski definition) is 1. The summed E-state index contributed by atoms with van der Waals surface area (Å²) in [4.78, 5) is 15.6. The fourth-order valence-electron chi connectivity index (χ4n) is 3.08. The molecular weight excluding hydrogens is 378 g/mol. The maximum absolute atomic E-state index is 12.8. The predicted molar refractivity (Wildman–Crippen MR) is 111 cm³/mol. The van der Waals surface area contributed by atoms with Gasteiger partial charge in [-0.2, -0.15) is 0 Å². The molecular formula is C20H25N3O4S. The van der Waals surface area contributed by atoms with Crippen molar-refractivity contribution >= 4 is 33.0 Å². The molecule has 0 saturated carbocycles. The highest BCUT2D eigenvalue weighted by atomic mass is 32.2. The fourth-order valence-corrected chi connectivity index (χ4v) is 4.16. The summed E-state index contributed by atoms with van der Waals surface area (Å²) in [7, 11) is 0.0113. The van der Waals surface area contributed by atoms with Gasteiger partial charge in [0.2, 0.25) is 5.91 Å². The number of benzene rings is 2. The summed E-state index contributed by atoms with van der Waals surface area (Å²) in [6, 6.07) is 11.6. The molecule has 1 N–H and O–H groups in total. The molecule has 0 saturated heterocycles. The summed E-state index contributed by atoms with van der Waals surface area (Å²) in [6.07, 6.45) is 0. The molecule has 1 amide bonds. The summed E-state index contributed by atoms with van der Waals surface area (Å²) < 4.78 is 34.2. The first-order valence-corrected chi connectivity index (χ1v) is 10.4. The zero-order valence-corrected chi connectivity index (χ0v) is 17.5. The van der Waals surface area contributed by atoms with Crippen LogP contribution in [0.25, 0.3) is 0 Å². The van der Waals surface area contributed by atoms with E-state index in [0.29, 0.717) is 23.7 Å². The third kappa shape index (κ3) is 4.06. The first kappa shape index (κ1) is 20.0. The van der Waals surface area contributed by atoms with E-state index in [9.17, 15) is 13.2 Å². The van der Waals surface area contributed by atoms with Gasteiger partial charge in [0.1, 0.15) is 11.4 Å². The van der Waals surface area contributed by atoms with Crippen LogP contribution in [0.5, 0.6) is 5.75 Å². The van der Waals surface area contributed by atoms with Crippen molar-refractivity contribution in [2.24, 2.45) is 0 Å². The van der Waals surface area contributed by atoms with E-state index in [1.54, 1.807) is 23.1 Å². The molecule has 3 rings (SSSR count). The van der Waals surface area contributed by atoms with E-state index >= 15 is 0 Å². The highest BCUT2D eigenvalue weighted by Gasteiger charge is 2.34. The van der Waals surface area contributed by atoms with Crippen molar-refractivity contribution in [3.63, 3.8) is 0 Å². The van der Waals surface area contributed by atoms with Crippen LogP contribution < -0.4 is 19.3 Å². The van der Waals surface area contributed by atoms with Gasteiger partial charge in [-0.1, -0.05) is 0 Å². The molecule has 1 aliphatic heterocycles. The Labute approximate surface area is 166 Å². The van der Waals surface area contributed by atoms with Crippen LogP contribution in [0.3, 0.4) is 0 Å². The monoisotopic (exact) mass is 403 g/mol. The smallest absolute Gasteiger partial charge is 0.261 e. The van der Waals surface area contributed by atoms with Gasteiger partial charge in [-0.15, -0.1) is 0 Å². The number of sulfonamides is 1. The molecule has 28 heavy (non-hydrogen) atoms. The summed E-state index contributed by atoms with van der Waals surface area (Å²) in [5, 5.41) is 0. The van der Waals surface area contributed by atoms with Gasteiger partial charge >= 0.3 is 0 Å². The van der Waals surface area contributed by atoms with Crippen LogP contribution in [0.4, 0.5) is 17.1 Å². The summed E-state index contributed by atoms with van der Waals surface area (Å²) in [6.45, 7) is 5.57. The minimum Gasteiger partial charge on any atom is -0.484 e. The largest absolute Gasteiger partial charge is 0.484 e. The van der Waals surface area contributed by atoms with E-state index in [0.717, 1.165) is 5.69 Å². The van der Waals surface area contributed by atoms with Crippen LogP contribution >= 0.6 is 0 Å². The molecule has 0 radical (unpaired) electrons. The van der Waals surface area contributed by atoms with Gasteiger partial charge in [0.15, 0.2) is 0 Å². The number of anilines is 3. The summed E-state index contributed by atoms with van der Waals surface area (Å²) in [5.41, 5.74) is 1.33. The second kappa shape index (κ2) is 7.01. The van der Waals surface area contributed by atoms with Crippen LogP contribution in [0.1, 0.15) is 20.8 Å². The van der Waals surface area contributed by atoms with E-state index in [1.165, 1.54) is 19.1 Å². The number of rotatable bonds is 4. The Hall–Kier alpha value is -2.74. The minimum absolute atomic E-state index is 0.0671. The average molecular weight is 404 g/mol. The molecule has 1 aliphatic rings. The number of carbonyl (C=O) groups excluding carboxylic acids is 1. The van der Waals surface area contributed by atoms with Crippen molar-refractivity contribution in [3.8, 4) is 5.75 Å². The van der Waals surface area contributed by atoms with Crippen LogP contribution in [0.15, 0.2) is 47.4 Å². The van der Waals surface area contributed by atoms with Crippen molar-refractivity contribution < 1.29 is 17.9 Å². The maximum atomic E-state index is 12.8. The normalized spacial score (nSPS) is 15.4. The zero-order chi connectivity index (χ0) is 20.7. The Balaban J connectivity index is 1.93. The highest BCUT2D eigenvalue weighted by molar-refractivity contribution is 7.92. The summed E-state index contributed by atoms with van der Waals surface area (Å²) in [5.74, 6) is 0.320. The third-order valence-corrected chi connectivity index (χ3v) is 5.85. The number of hydrogen-bond acceptors (Lipinski definition) is 5. The van der Waals surface area contributed by atoms with E-state index in [2.05, 4.69) is 4.72 Å². The Morgan fingerprint density at radius 2 is 1.79 bits per heavy atom. The molecule has 0 aromatic heterocycles. The Morgan fingerprint density at radius 3 is 2.36 bits per heavy atom. The molecule has 2 aromatic rings. The molecule has 150 valence electrons. The van der Waals surface area contributed by atoms with Crippen molar-refractivity contribution in [1.82, 2.24) is 0 Å². The molecule has 7 nitrogen and oxygen atoms in total. The molecule has 0 fully saturated rings. The van der Waals surface area contributed by atoms with Crippen LogP contribution in [0, 0.1) is 0 Å². The predicted octanol–water partition coefficient (Wildman–Crippen LogP) is 3.08. The molecule has 2 aromatic carbocycles. The quantitative estimate of drug-likeness (QED) is 0.849. The van der Waals surface area contributed by atoms with Gasteiger partial charge in [-0.05, 0) is 56.3 Å². The number of ether oxygens (including phenoxy) is 1. The fraction of sp³-hybridized carbons (Fsp3) is 0.350. The van der Waals surface area contributed by atoms with Gasteiger partial charge in [-0.25, -0.2) is 8.42 Å². The Morgan fingerprint density at radius 1 is 1.14 bits per heavy atom. The second-order valence-corrected chi connectivity index (χ2v) is 9.33. The maximum Gasteiger partial charge on any atom is 0.261 e. The Bertz CT molecular complexity index is 999. The standard InChI is InChI=1S/C20H25N3O4S/c1-14(24)23-13-20(2,3)27-19-11-10-17(12-18(19)23)28(25,26)21-15-6-8-16(9-7-15)22(4)5/h6-12,21H,13H2,1-5H3. The van der Waals surface area contributed by atoms with E-state index in [-0.39, 0.29) is 10.8 Å². The first-order valence-electron chi connectivity index (χ1n) is 8.90. The zero-order valence-electron chi connectivity index (χ0n) is 16.7. The molecule has 0 bridgehead atoms. The van der Waals surface area contributed by atoms with E-state index < -0.39 is 15.6 Å². The van der Waals surface area contributed by atoms with Crippen molar-refractivity contribution in [1.29, 1.82) is 0 Å². The molecule has 0 unspecified atom stereocenters. The SMILES string of the molecule is CC(=O)N1CC(C)(C)Oc2ccc(S(=O)(=O)Nc3ccc(N(C)C)cc3)cc21. The number of nitrogens with one attached hydrogen (secondary N) is 1. The van der Waals surface area contributed by atoms with Crippen molar-refractivity contribution in [2.75, 3.05) is 35.2 Å². The van der Waals surface area contributed by atoms with Crippen LogP contribution in [0.2, 0.25) is 0 Å². The average Bonchev–Trinajstić information content (AvgIpc) is 2.59. The summed E-state index contributed by atoms with van der Waals surface area (Å²) >= 11 is 0. The molecule has 8 heteroatoms. The molecule has 1 heterocycles. The van der Waals surface area contributed by atoms with Gasteiger partial charge in [0.05, 0.1) is 17.1 Å². The van der Waals surface area contributed by atoms with Gasteiger partial charge in [0, 0.05) is 32.4 Å². The lowest BCUT2D eigenvalue weighted by Crippen LogP contribution is -2.48. The molecule has 0 aliphatic carbocycles. The Kier molecular flexibility index (Phi) is 5.01. The minimum atomic E-state index is -3.81. The van der Waals surface area contributed by atoms with Crippen molar-refractivity contribution in [3.05, 3.63) is 42.5 Å². The third-order valence-electron chi connectivity index (χ3n) is 4.47. The van der Waals surface area contributed by atoms with Crippen LogP contribution in [-0.4, -0.2) is 40.6 Å². The number of carbonyl (C=O) groups is 1. The van der Waals surface area contributed by atoms with Gasteiger partial charge < -0.3 is 14.5 Å². The van der Waals surface area contributed by atoms with Gasteiger partial charge in [0.25, 0.3) is 10.0 Å². The second-order valence-electron chi connectivity index (χ2n) is 7.64. The highest BCUT2D eigenvalue weighted by Crippen LogP contribution is 2.38. The van der Waals surface area contributed by atoms with Gasteiger partial charge in [-0.3, -0.25) is 9.52 Å². The number of fused-ring (bicyclic) bond motifs is 1. The van der Waals surface area contributed by atoms with E-state index in [1.807, 2.05) is 45.0 Å². The molecule has 0 spiro atoms. The topological polar surface area (TPSA) is 78.9 Å². The van der Waals surface area contributed by atoms with Crippen LogP contribution in [-0.2, 0) is 14.8 Å². The lowest BCUT2D eigenvalue weighted by molar-refractivity contribution is -0.117.